The minimum Gasteiger partial charge on any atom is -0.507 e. The van der Waals surface area contributed by atoms with Crippen LogP contribution in [0, 0.1) is 0 Å². The molecule has 0 saturated carbocycles. The molecule has 0 unspecified atom stereocenters. The number of hydrogen-bond acceptors (Lipinski definition) is 6. The maximum atomic E-state index is 10.3. The van der Waals surface area contributed by atoms with Gasteiger partial charge in [-0.2, -0.15) is 5.10 Å². The molecule has 3 heterocycles. The normalized spacial score (nSPS) is 20.2. The topological polar surface area (TPSA) is 54.3 Å². The van der Waals surface area contributed by atoms with Gasteiger partial charge in [-0.3, -0.25) is 0 Å². The molecule has 1 aromatic heterocycles. The summed E-state index contributed by atoms with van der Waals surface area (Å²) < 4.78 is 11.9. The second-order valence-corrected chi connectivity index (χ2v) is 8.09. The van der Waals surface area contributed by atoms with Crippen molar-refractivity contribution in [2.45, 2.75) is 18.7 Å². The summed E-state index contributed by atoms with van der Waals surface area (Å²) in [6.45, 7) is 0. The molecule has 1 N–H and O–H groups in total. The lowest BCUT2D eigenvalue weighted by atomic mass is 9.96. The number of benzene rings is 2. The Labute approximate surface area is 171 Å². The zero-order valence-corrected chi connectivity index (χ0v) is 16.6. The van der Waals surface area contributed by atoms with Crippen LogP contribution in [0.3, 0.4) is 0 Å². The van der Waals surface area contributed by atoms with Crippen LogP contribution in [0.1, 0.15) is 34.7 Å². The number of para-hydroxylation sites is 1. The van der Waals surface area contributed by atoms with Crippen LogP contribution in [0.5, 0.6) is 17.2 Å². The quantitative estimate of drug-likeness (QED) is 0.629. The number of nitrogens with zero attached hydrogens (tertiary/aromatic N) is 2. The third kappa shape index (κ3) is 2.72. The van der Waals surface area contributed by atoms with Crippen molar-refractivity contribution in [3.63, 3.8) is 0 Å². The maximum Gasteiger partial charge on any atom is 0.223 e. The van der Waals surface area contributed by atoms with E-state index in [0.29, 0.717) is 22.8 Å². The molecule has 0 bridgehead atoms. The summed E-state index contributed by atoms with van der Waals surface area (Å²) in [5.74, 6) is 1.62. The first kappa shape index (κ1) is 17.4. The van der Waals surface area contributed by atoms with Crippen molar-refractivity contribution in [3.05, 3.63) is 74.9 Å². The second-order valence-electron chi connectivity index (χ2n) is 6.67. The Balaban J connectivity index is 1.64. The maximum absolute atomic E-state index is 10.3. The van der Waals surface area contributed by atoms with Crippen LogP contribution < -0.4 is 9.47 Å². The van der Waals surface area contributed by atoms with Crippen molar-refractivity contribution >= 4 is 28.6 Å². The fourth-order valence-electron chi connectivity index (χ4n) is 3.77. The third-order valence-electron chi connectivity index (χ3n) is 5.06. The van der Waals surface area contributed by atoms with E-state index >= 15 is 0 Å². The smallest absolute Gasteiger partial charge is 0.223 e. The summed E-state index contributed by atoms with van der Waals surface area (Å²) >= 11 is 7.78. The molecule has 5 rings (SSSR count). The van der Waals surface area contributed by atoms with Crippen LogP contribution >= 0.6 is 22.9 Å². The van der Waals surface area contributed by atoms with Gasteiger partial charge < -0.3 is 14.6 Å². The highest BCUT2D eigenvalue weighted by atomic mass is 35.5. The van der Waals surface area contributed by atoms with Gasteiger partial charge in [-0.1, -0.05) is 29.8 Å². The van der Waals surface area contributed by atoms with E-state index in [0.717, 1.165) is 21.9 Å². The van der Waals surface area contributed by atoms with Gasteiger partial charge >= 0.3 is 0 Å². The molecular weight excluding hydrogens is 396 g/mol. The van der Waals surface area contributed by atoms with Gasteiger partial charge in [0.05, 0.1) is 23.7 Å². The van der Waals surface area contributed by atoms with Crippen molar-refractivity contribution in [1.82, 2.24) is 5.01 Å². The first-order valence-corrected chi connectivity index (χ1v) is 10.1. The lowest BCUT2D eigenvalue weighted by molar-refractivity contribution is -0.0184. The van der Waals surface area contributed by atoms with Gasteiger partial charge in [0.25, 0.3) is 0 Å². The lowest BCUT2D eigenvalue weighted by Gasteiger charge is -2.38. The summed E-state index contributed by atoms with van der Waals surface area (Å²) in [7, 11) is 1.64. The number of fused-ring (bicyclic) bond motifs is 3. The van der Waals surface area contributed by atoms with Crippen molar-refractivity contribution in [2.75, 3.05) is 7.11 Å². The summed E-state index contributed by atoms with van der Waals surface area (Å²) in [5, 5.41) is 19.8. The highest BCUT2D eigenvalue weighted by Gasteiger charge is 2.42. The van der Waals surface area contributed by atoms with Gasteiger partial charge in [0.1, 0.15) is 5.75 Å². The fourth-order valence-corrected chi connectivity index (χ4v) is 4.68. The van der Waals surface area contributed by atoms with E-state index < -0.39 is 0 Å². The van der Waals surface area contributed by atoms with Crippen molar-refractivity contribution in [3.8, 4) is 17.2 Å². The standard InChI is InChI=1S/C21H17ClN2O3S/c1-26-18-5-2-4-13-16-11-15(14-10-12(22)7-8-17(14)25)23-24(16)21(27-20(13)18)19-6-3-9-28-19/h2-10,16,21,25H,11H2,1H3/t16-,21+/m0/s1. The first-order valence-electron chi connectivity index (χ1n) is 8.87. The summed E-state index contributed by atoms with van der Waals surface area (Å²) in [6, 6.07) is 14.9. The molecule has 2 aliphatic rings. The van der Waals surface area contributed by atoms with Crippen LogP contribution in [-0.4, -0.2) is 22.9 Å². The largest absolute Gasteiger partial charge is 0.507 e. The van der Waals surface area contributed by atoms with Crippen LogP contribution in [0.4, 0.5) is 0 Å². The number of halogens is 1. The van der Waals surface area contributed by atoms with Crippen molar-refractivity contribution in [2.24, 2.45) is 5.10 Å². The Bertz CT molecular complexity index is 1070. The predicted molar refractivity (Wildman–Crippen MR) is 110 cm³/mol. The average molecular weight is 413 g/mol. The number of thiophene rings is 1. The monoisotopic (exact) mass is 412 g/mol. The molecule has 28 heavy (non-hydrogen) atoms. The van der Waals surface area contributed by atoms with E-state index in [1.807, 2.05) is 40.7 Å². The molecular formula is C21H17ClN2O3S. The van der Waals surface area contributed by atoms with Gasteiger partial charge in [0.2, 0.25) is 6.23 Å². The molecule has 0 fully saturated rings. The van der Waals surface area contributed by atoms with E-state index in [2.05, 4.69) is 0 Å². The Morgan fingerprint density at radius 1 is 1.25 bits per heavy atom. The minimum absolute atomic E-state index is 0.0145. The van der Waals surface area contributed by atoms with E-state index in [4.69, 9.17) is 26.2 Å². The van der Waals surface area contributed by atoms with Gasteiger partial charge in [0.15, 0.2) is 11.5 Å². The number of methoxy groups -OCH3 is 1. The molecule has 2 aromatic carbocycles. The molecule has 5 nitrogen and oxygen atoms in total. The zero-order chi connectivity index (χ0) is 19.3. The van der Waals surface area contributed by atoms with Gasteiger partial charge in [-0.05, 0) is 35.7 Å². The average Bonchev–Trinajstić information content (AvgIpc) is 3.39. The van der Waals surface area contributed by atoms with Crippen LogP contribution in [-0.2, 0) is 0 Å². The van der Waals surface area contributed by atoms with Crippen molar-refractivity contribution in [1.29, 1.82) is 0 Å². The SMILES string of the molecule is COc1cccc2c1O[C@H](c1cccs1)N1N=C(c3cc(Cl)ccc3O)C[C@@H]21. The Hall–Kier alpha value is -2.70. The number of ether oxygens (including phenoxy) is 2. The Morgan fingerprint density at radius 2 is 2.14 bits per heavy atom. The molecule has 2 atom stereocenters. The number of rotatable bonds is 3. The summed E-state index contributed by atoms with van der Waals surface area (Å²) in [5.41, 5.74) is 2.45. The highest BCUT2D eigenvalue weighted by molar-refractivity contribution is 7.10. The molecule has 0 radical (unpaired) electrons. The van der Waals surface area contributed by atoms with E-state index in [9.17, 15) is 5.11 Å². The van der Waals surface area contributed by atoms with Gasteiger partial charge in [0, 0.05) is 22.6 Å². The Morgan fingerprint density at radius 3 is 2.93 bits per heavy atom. The minimum atomic E-state index is -0.354. The molecule has 3 aromatic rings. The van der Waals surface area contributed by atoms with Crippen LogP contribution in [0.15, 0.2) is 59.0 Å². The van der Waals surface area contributed by atoms with E-state index in [-0.39, 0.29) is 18.0 Å². The number of hydrogen-bond donors (Lipinski definition) is 1. The summed E-state index contributed by atoms with van der Waals surface area (Å²) in [6.07, 6.45) is 0.284. The molecule has 2 aliphatic heterocycles. The summed E-state index contributed by atoms with van der Waals surface area (Å²) in [4.78, 5) is 1.06. The molecule has 0 aliphatic carbocycles. The number of aromatic hydroxyl groups is 1. The number of phenols is 1. The van der Waals surface area contributed by atoms with Crippen LogP contribution in [0.25, 0.3) is 0 Å². The molecule has 0 saturated heterocycles. The van der Waals surface area contributed by atoms with E-state index in [1.165, 1.54) is 0 Å². The zero-order valence-electron chi connectivity index (χ0n) is 15.0. The lowest BCUT2D eigenvalue weighted by Crippen LogP contribution is -2.33. The number of hydrazone groups is 1. The van der Waals surface area contributed by atoms with Gasteiger partial charge in [-0.25, -0.2) is 5.01 Å². The van der Waals surface area contributed by atoms with Crippen molar-refractivity contribution < 1.29 is 14.6 Å². The second kappa shape index (κ2) is 6.72. The molecule has 0 amide bonds. The van der Waals surface area contributed by atoms with Crippen LogP contribution in [0.2, 0.25) is 5.02 Å². The van der Waals surface area contributed by atoms with E-state index in [1.54, 1.807) is 36.6 Å². The molecule has 142 valence electrons. The third-order valence-corrected chi connectivity index (χ3v) is 6.19. The Kier molecular flexibility index (Phi) is 4.18. The molecule has 0 spiro atoms. The molecule has 7 heteroatoms. The number of phenolic OH excluding ortho intramolecular Hbond substituents is 1. The fraction of sp³-hybridized carbons (Fsp3) is 0.190. The van der Waals surface area contributed by atoms with Gasteiger partial charge in [-0.15, -0.1) is 11.3 Å². The highest BCUT2D eigenvalue weighted by Crippen LogP contribution is 2.51. The first-order chi connectivity index (χ1) is 13.7. The predicted octanol–water partition coefficient (Wildman–Crippen LogP) is 5.36.